The molecule has 0 saturated heterocycles. The fourth-order valence-electron chi connectivity index (χ4n) is 3.39. The van der Waals surface area contributed by atoms with Crippen molar-refractivity contribution in [1.29, 1.82) is 0 Å². The van der Waals surface area contributed by atoms with Crippen molar-refractivity contribution in [2.24, 2.45) is 5.92 Å². The van der Waals surface area contributed by atoms with Gasteiger partial charge >= 0.3 is 0 Å². The van der Waals surface area contributed by atoms with Crippen LogP contribution in [0.25, 0.3) is 0 Å². The summed E-state index contributed by atoms with van der Waals surface area (Å²) in [5.74, 6) is 3.70. The molecule has 0 nitrogen and oxygen atoms in total. The Labute approximate surface area is 129 Å². The van der Waals surface area contributed by atoms with Crippen molar-refractivity contribution in [2.45, 2.75) is 71.6 Å². The largest absolute Gasteiger partial charge is 0.205 e. The molecule has 0 heterocycles. The minimum Gasteiger partial charge on any atom is -0.205 e. The molecule has 1 fully saturated rings. The lowest BCUT2D eigenvalue weighted by atomic mass is 9.73. The zero-order valence-electron chi connectivity index (χ0n) is 14.2. The Morgan fingerprint density at radius 3 is 2.19 bits per heavy atom. The topological polar surface area (TPSA) is 0 Å². The van der Waals surface area contributed by atoms with E-state index in [4.69, 9.17) is 6.42 Å². The van der Waals surface area contributed by atoms with E-state index in [1.165, 1.54) is 24.0 Å². The second kappa shape index (κ2) is 5.48. The van der Waals surface area contributed by atoms with Crippen LogP contribution in [0.2, 0.25) is 0 Å². The van der Waals surface area contributed by atoms with Gasteiger partial charge in [0.2, 0.25) is 0 Å². The van der Waals surface area contributed by atoms with E-state index in [1.807, 2.05) is 6.07 Å². The molecule has 2 rings (SSSR count). The summed E-state index contributed by atoms with van der Waals surface area (Å²) in [6.07, 6.45) is 8.11. The van der Waals surface area contributed by atoms with E-state index in [0.29, 0.717) is 11.5 Å². The van der Waals surface area contributed by atoms with E-state index in [-0.39, 0.29) is 17.2 Å². The van der Waals surface area contributed by atoms with Crippen molar-refractivity contribution < 1.29 is 4.39 Å². The van der Waals surface area contributed by atoms with Gasteiger partial charge in [-0.15, -0.1) is 6.42 Å². The SMILES string of the molecule is C#Cc1cc(C(C)C2CC2)c(C(C)(C)C)c(C(C)C)c1F. The normalized spacial score (nSPS) is 16.9. The Morgan fingerprint density at radius 1 is 1.24 bits per heavy atom. The first-order valence-electron chi connectivity index (χ1n) is 8.01. The molecule has 0 spiro atoms. The summed E-state index contributed by atoms with van der Waals surface area (Å²) in [6, 6.07) is 1.94. The van der Waals surface area contributed by atoms with Crippen molar-refractivity contribution >= 4 is 0 Å². The zero-order chi connectivity index (χ0) is 15.9. The van der Waals surface area contributed by atoms with Crippen molar-refractivity contribution in [3.8, 4) is 12.3 Å². The second-order valence-corrected chi connectivity index (χ2v) is 7.79. The maximum Gasteiger partial charge on any atom is 0.142 e. The number of hydrogen-bond donors (Lipinski definition) is 0. The smallest absolute Gasteiger partial charge is 0.142 e. The van der Waals surface area contributed by atoms with Crippen molar-refractivity contribution in [2.75, 3.05) is 0 Å². The molecule has 1 unspecified atom stereocenters. The van der Waals surface area contributed by atoms with Gasteiger partial charge in [-0.1, -0.05) is 47.5 Å². The summed E-state index contributed by atoms with van der Waals surface area (Å²) >= 11 is 0. The monoisotopic (exact) mass is 286 g/mol. The van der Waals surface area contributed by atoms with E-state index in [0.717, 1.165) is 11.5 Å². The molecule has 0 radical (unpaired) electrons. The molecule has 1 heteroatoms. The highest BCUT2D eigenvalue weighted by atomic mass is 19.1. The maximum atomic E-state index is 14.8. The molecule has 114 valence electrons. The Hall–Kier alpha value is -1.29. The van der Waals surface area contributed by atoms with Crippen LogP contribution in [0, 0.1) is 24.1 Å². The van der Waals surface area contributed by atoms with Crippen LogP contribution in [-0.2, 0) is 5.41 Å². The van der Waals surface area contributed by atoms with E-state index in [9.17, 15) is 4.39 Å². The number of rotatable bonds is 3. The summed E-state index contributed by atoms with van der Waals surface area (Å²) in [5.41, 5.74) is 3.61. The van der Waals surface area contributed by atoms with Crippen LogP contribution in [0.5, 0.6) is 0 Å². The molecule has 0 amide bonds. The lowest BCUT2D eigenvalue weighted by Crippen LogP contribution is -2.21. The molecule has 1 saturated carbocycles. The van der Waals surface area contributed by atoms with Gasteiger partial charge in [0, 0.05) is 0 Å². The van der Waals surface area contributed by atoms with Gasteiger partial charge in [0.25, 0.3) is 0 Å². The number of benzene rings is 1. The van der Waals surface area contributed by atoms with Crippen LogP contribution >= 0.6 is 0 Å². The van der Waals surface area contributed by atoms with Gasteiger partial charge in [-0.3, -0.25) is 0 Å². The van der Waals surface area contributed by atoms with Crippen molar-refractivity contribution in [3.63, 3.8) is 0 Å². The van der Waals surface area contributed by atoms with Gasteiger partial charge in [0.15, 0.2) is 0 Å². The molecule has 0 N–H and O–H groups in total. The van der Waals surface area contributed by atoms with Gasteiger partial charge < -0.3 is 0 Å². The van der Waals surface area contributed by atoms with Crippen molar-refractivity contribution in [1.82, 2.24) is 0 Å². The molecule has 0 aliphatic heterocycles. The molecule has 21 heavy (non-hydrogen) atoms. The second-order valence-electron chi connectivity index (χ2n) is 7.79. The van der Waals surface area contributed by atoms with Gasteiger partial charge in [-0.05, 0) is 58.8 Å². The van der Waals surface area contributed by atoms with Gasteiger partial charge in [0.05, 0.1) is 5.56 Å². The Balaban J connectivity index is 2.78. The Kier molecular flexibility index (Phi) is 4.20. The fourth-order valence-corrected chi connectivity index (χ4v) is 3.39. The van der Waals surface area contributed by atoms with Crippen LogP contribution in [0.1, 0.15) is 88.5 Å². The van der Waals surface area contributed by atoms with E-state index < -0.39 is 0 Å². The average Bonchev–Trinajstić information content (AvgIpc) is 3.19. The van der Waals surface area contributed by atoms with Crippen LogP contribution in [0.3, 0.4) is 0 Å². The minimum absolute atomic E-state index is 0.0773. The number of hydrogen-bond acceptors (Lipinski definition) is 0. The number of terminal acetylenes is 1. The van der Waals surface area contributed by atoms with Gasteiger partial charge in [0.1, 0.15) is 5.82 Å². The van der Waals surface area contributed by atoms with Gasteiger partial charge in [-0.2, -0.15) is 0 Å². The first-order chi connectivity index (χ1) is 9.68. The predicted octanol–water partition coefficient (Wildman–Crippen LogP) is 5.74. The zero-order valence-corrected chi connectivity index (χ0v) is 14.2. The number of halogens is 1. The Morgan fingerprint density at radius 2 is 1.81 bits per heavy atom. The quantitative estimate of drug-likeness (QED) is 0.621. The highest BCUT2D eigenvalue weighted by Gasteiger charge is 2.35. The lowest BCUT2D eigenvalue weighted by Gasteiger charge is -2.31. The summed E-state index contributed by atoms with van der Waals surface area (Å²) < 4.78 is 14.8. The highest BCUT2D eigenvalue weighted by Crippen LogP contribution is 2.47. The Bertz CT molecular complexity index is 577. The van der Waals surface area contributed by atoms with Gasteiger partial charge in [-0.25, -0.2) is 4.39 Å². The molecule has 1 aliphatic rings. The molecular formula is C20H27F. The molecule has 1 aliphatic carbocycles. The summed E-state index contributed by atoms with van der Waals surface area (Å²) in [4.78, 5) is 0. The molecule has 0 aromatic heterocycles. The summed E-state index contributed by atoms with van der Waals surface area (Å²) in [6.45, 7) is 12.9. The van der Waals surface area contributed by atoms with E-state index >= 15 is 0 Å². The first kappa shape index (κ1) is 16.1. The third-order valence-electron chi connectivity index (χ3n) is 4.63. The maximum absolute atomic E-state index is 14.8. The molecule has 1 atom stereocenters. The van der Waals surface area contributed by atoms with Crippen LogP contribution in [0.4, 0.5) is 4.39 Å². The molecule has 1 aromatic carbocycles. The third-order valence-corrected chi connectivity index (χ3v) is 4.63. The van der Waals surface area contributed by atoms with Crippen LogP contribution < -0.4 is 0 Å². The lowest BCUT2D eigenvalue weighted by molar-refractivity contribution is 0.523. The molecule has 0 bridgehead atoms. The minimum atomic E-state index is -0.191. The summed E-state index contributed by atoms with van der Waals surface area (Å²) in [7, 11) is 0. The predicted molar refractivity (Wildman–Crippen MR) is 88.3 cm³/mol. The first-order valence-corrected chi connectivity index (χ1v) is 8.01. The van der Waals surface area contributed by atoms with Crippen LogP contribution in [0.15, 0.2) is 6.07 Å². The molecule has 1 aromatic rings. The van der Waals surface area contributed by atoms with E-state index in [1.54, 1.807) is 0 Å². The summed E-state index contributed by atoms with van der Waals surface area (Å²) in [5, 5.41) is 0. The molecular weight excluding hydrogens is 259 g/mol. The van der Waals surface area contributed by atoms with Crippen molar-refractivity contribution in [3.05, 3.63) is 34.1 Å². The fraction of sp³-hybridized carbons (Fsp3) is 0.600. The third kappa shape index (κ3) is 3.00. The average molecular weight is 286 g/mol. The van der Waals surface area contributed by atoms with Crippen LogP contribution in [-0.4, -0.2) is 0 Å². The highest BCUT2D eigenvalue weighted by molar-refractivity contribution is 5.52. The standard InChI is InChI=1S/C20H27F/c1-8-14-11-16(13(4)15-9-10-15)18(20(5,6)7)17(12(2)3)19(14)21/h1,11-13,15H,9-10H2,2-7H3. The van der Waals surface area contributed by atoms with E-state index in [2.05, 4.69) is 47.5 Å².